The van der Waals surface area contributed by atoms with E-state index in [0.29, 0.717) is 30.6 Å². The Morgan fingerprint density at radius 1 is 1.31 bits per heavy atom. The van der Waals surface area contributed by atoms with E-state index in [0.717, 1.165) is 36.1 Å². The van der Waals surface area contributed by atoms with E-state index in [1.807, 2.05) is 0 Å². The molecule has 26 heavy (non-hydrogen) atoms. The van der Waals surface area contributed by atoms with Crippen LogP contribution in [0.5, 0.6) is 0 Å². The summed E-state index contributed by atoms with van der Waals surface area (Å²) < 4.78 is 51.3. The zero-order chi connectivity index (χ0) is 18.9. The SMILES string of the molecule is CS(=O)(=O)N1CCCCC1C(=O)Nc1nc(-c2ccc(F)c(F)c2)cs1. The third kappa shape index (κ3) is 4.08. The van der Waals surface area contributed by atoms with E-state index in [9.17, 15) is 22.0 Å². The van der Waals surface area contributed by atoms with Gasteiger partial charge in [-0.1, -0.05) is 6.42 Å². The third-order valence-electron chi connectivity index (χ3n) is 4.13. The van der Waals surface area contributed by atoms with E-state index in [1.54, 1.807) is 5.38 Å². The number of carbonyl (C=O) groups is 1. The van der Waals surface area contributed by atoms with E-state index in [2.05, 4.69) is 10.3 Å². The van der Waals surface area contributed by atoms with Gasteiger partial charge in [-0.15, -0.1) is 11.3 Å². The summed E-state index contributed by atoms with van der Waals surface area (Å²) in [6, 6.07) is 2.66. The number of piperidine rings is 1. The number of benzene rings is 1. The molecule has 0 radical (unpaired) electrons. The van der Waals surface area contributed by atoms with Crippen LogP contribution in [0.25, 0.3) is 11.3 Å². The maximum Gasteiger partial charge on any atom is 0.244 e. The lowest BCUT2D eigenvalue weighted by atomic mass is 10.0. The second kappa shape index (κ2) is 7.37. The second-order valence-corrected chi connectivity index (χ2v) is 8.83. The fourth-order valence-electron chi connectivity index (χ4n) is 2.87. The highest BCUT2D eigenvalue weighted by molar-refractivity contribution is 7.88. The molecule has 1 N–H and O–H groups in total. The lowest BCUT2D eigenvalue weighted by molar-refractivity contribution is -0.120. The first kappa shape index (κ1) is 18.9. The molecule has 2 aromatic rings. The number of nitrogens with one attached hydrogen (secondary N) is 1. The van der Waals surface area contributed by atoms with Crippen molar-refractivity contribution in [3.63, 3.8) is 0 Å². The minimum absolute atomic E-state index is 0.272. The monoisotopic (exact) mass is 401 g/mol. The molecule has 1 amide bonds. The predicted molar refractivity (Wildman–Crippen MR) is 95.3 cm³/mol. The molecule has 1 aromatic carbocycles. The van der Waals surface area contributed by atoms with Gasteiger partial charge in [0.25, 0.3) is 0 Å². The van der Waals surface area contributed by atoms with Crippen molar-refractivity contribution in [2.75, 3.05) is 18.1 Å². The molecule has 2 heterocycles. The van der Waals surface area contributed by atoms with E-state index >= 15 is 0 Å². The fourth-order valence-corrected chi connectivity index (χ4v) is 4.72. The molecule has 0 aliphatic carbocycles. The summed E-state index contributed by atoms with van der Waals surface area (Å²) in [7, 11) is -3.48. The summed E-state index contributed by atoms with van der Waals surface area (Å²) in [6.07, 6.45) is 3.01. The molecule has 1 saturated heterocycles. The van der Waals surface area contributed by atoms with Gasteiger partial charge in [-0.2, -0.15) is 4.31 Å². The molecular weight excluding hydrogens is 384 g/mol. The second-order valence-electron chi connectivity index (χ2n) is 6.04. The minimum Gasteiger partial charge on any atom is -0.301 e. The number of halogens is 2. The van der Waals surface area contributed by atoms with Crippen molar-refractivity contribution in [1.29, 1.82) is 0 Å². The molecular formula is C16H17F2N3O3S2. The predicted octanol–water partition coefficient (Wildman–Crippen LogP) is 2.84. The van der Waals surface area contributed by atoms with Crippen LogP contribution in [-0.4, -0.2) is 42.5 Å². The zero-order valence-electron chi connectivity index (χ0n) is 13.9. The van der Waals surface area contributed by atoms with Gasteiger partial charge in [0, 0.05) is 17.5 Å². The zero-order valence-corrected chi connectivity index (χ0v) is 15.5. The van der Waals surface area contributed by atoms with Gasteiger partial charge in [-0.3, -0.25) is 4.79 Å². The van der Waals surface area contributed by atoms with Crippen molar-refractivity contribution < 1.29 is 22.0 Å². The average Bonchev–Trinajstić information content (AvgIpc) is 3.05. The maximum absolute atomic E-state index is 13.3. The van der Waals surface area contributed by atoms with Gasteiger partial charge in [-0.05, 0) is 31.0 Å². The largest absolute Gasteiger partial charge is 0.301 e. The van der Waals surface area contributed by atoms with Crippen LogP contribution in [0, 0.1) is 11.6 Å². The standard InChI is InChI=1S/C16H17F2N3O3S2/c1-26(23,24)21-7-3-2-4-14(21)15(22)20-16-19-13(9-25-16)10-5-6-11(17)12(18)8-10/h5-6,8-9,14H,2-4,7H2,1H3,(H,19,20,22). The Bertz CT molecular complexity index is 931. The summed E-state index contributed by atoms with van der Waals surface area (Å²) in [4.78, 5) is 16.7. The Kier molecular flexibility index (Phi) is 5.35. The molecule has 3 rings (SSSR count). The topological polar surface area (TPSA) is 79.4 Å². The van der Waals surface area contributed by atoms with Crippen molar-refractivity contribution in [3.8, 4) is 11.3 Å². The van der Waals surface area contributed by atoms with E-state index in [1.165, 1.54) is 10.4 Å². The molecule has 1 fully saturated rings. The molecule has 1 unspecified atom stereocenters. The average molecular weight is 401 g/mol. The number of amides is 1. The van der Waals surface area contributed by atoms with Crippen LogP contribution in [0.15, 0.2) is 23.6 Å². The molecule has 10 heteroatoms. The molecule has 140 valence electrons. The molecule has 0 spiro atoms. The Hall–Kier alpha value is -1.91. The summed E-state index contributed by atoms with van der Waals surface area (Å²) in [5.74, 6) is -2.37. The molecule has 0 saturated carbocycles. The first-order valence-electron chi connectivity index (χ1n) is 7.94. The van der Waals surface area contributed by atoms with Crippen molar-refractivity contribution >= 4 is 32.4 Å². The summed E-state index contributed by atoms with van der Waals surface area (Å²) in [5, 5.41) is 4.51. The Balaban J connectivity index is 1.75. The lowest BCUT2D eigenvalue weighted by Crippen LogP contribution is -2.49. The highest BCUT2D eigenvalue weighted by Crippen LogP contribution is 2.27. The van der Waals surface area contributed by atoms with Gasteiger partial charge < -0.3 is 5.32 Å². The van der Waals surface area contributed by atoms with Gasteiger partial charge in [0.05, 0.1) is 11.9 Å². The van der Waals surface area contributed by atoms with Crippen molar-refractivity contribution in [3.05, 3.63) is 35.2 Å². The smallest absolute Gasteiger partial charge is 0.244 e. The normalized spacial score (nSPS) is 18.7. The molecule has 1 aliphatic rings. The van der Waals surface area contributed by atoms with Crippen molar-refractivity contribution in [1.82, 2.24) is 9.29 Å². The molecule has 1 atom stereocenters. The number of sulfonamides is 1. The van der Waals surface area contributed by atoms with Crippen LogP contribution in [0.2, 0.25) is 0 Å². The van der Waals surface area contributed by atoms with Gasteiger partial charge in [0.1, 0.15) is 6.04 Å². The molecule has 1 aromatic heterocycles. The Morgan fingerprint density at radius 3 is 2.77 bits per heavy atom. The van der Waals surface area contributed by atoms with Crippen LogP contribution in [0.1, 0.15) is 19.3 Å². The molecule has 1 aliphatic heterocycles. The van der Waals surface area contributed by atoms with Crippen LogP contribution < -0.4 is 5.32 Å². The number of nitrogens with zero attached hydrogens (tertiary/aromatic N) is 2. The summed E-state index contributed by atoms with van der Waals surface area (Å²) in [6.45, 7) is 0.314. The first-order valence-corrected chi connectivity index (χ1v) is 10.7. The Labute approximate surface area is 153 Å². The maximum atomic E-state index is 13.3. The van der Waals surface area contributed by atoms with Crippen LogP contribution >= 0.6 is 11.3 Å². The number of hydrogen-bond acceptors (Lipinski definition) is 5. The third-order valence-corrected chi connectivity index (χ3v) is 6.18. The van der Waals surface area contributed by atoms with Crippen LogP contribution in [0.4, 0.5) is 13.9 Å². The van der Waals surface area contributed by atoms with E-state index in [4.69, 9.17) is 0 Å². The quantitative estimate of drug-likeness (QED) is 0.854. The first-order chi connectivity index (χ1) is 12.3. The highest BCUT2D eigenvalue weighted by atomic mass is 32.2. The molecule has 6 nitrogen and oxygen atoms in total. The highest BCUT2D eigenvalue weighted by Gasteiger charge is 2.34. The number of anilines is 1. The molecule has 0 bridgehead atoms. The Morgan fingerprint density at radius 2 is 2.08 bits per heavy atom. The minimum atomic E-state index is -3.48. The number of thiazole rings is 1. The van der Waals surface area contributed by atoms with Gasteiger partial charge >= 0.3 is 0 Å². The van der Waals surface area contributed by atoms with Crippen LogP contribution in [0.3, 0.4) is 0 Å². The van der Waals surface area contributed by atoms with Gasteiger partial charge in [0.2, 0.25) is 15.9 Å². The fraction of sp³-hybridized carbons (Fsp3) is 0.375. The van der Waals surface area contributed by atoms with Crippen molar-refractivity contribution in [2.45, 2.75) is 25.3 Å². The number of rotatable bonds is 4. The lowest BCUT2D eigenvalue weighted by Gasteiger charge is -2.32. The van der Waals surface area contributed by atoms with Crippen LogP contribution in [-0.2, 0) is 14.8 Å². The number of hydrogen-bond donors (Lipinski definition) is 1. The summed E-state index contributed by atoms with van der Waals surface area (Å²) in [5.41, 5.74) is 0.781. The van der Waals surface area contributed by atoms with Gasteiger partial charge in [0.15, 0.2) is 16.8 Å². The van der Waals surface area contributed by atoms with Gasteiger partial charge in [-0.25, -0.2) is 22.2 Å². The van der Waals surface area contributed by atoms with Crippen molar-refractivity contribution in [2.24, 2.45) is 0 Å². The summed E-state index contributed by atoms with van der Waals surface area (Å²) >= 11 is 1.13. The van der Waals surface area contributed by atoms with E-state index < -0.39 is 33.6 Å². The number of aromatic nitrogens is 1. The van der Waals surface area contributed by atoms with E-state index in [-0.39, 0.29) is 5.13 Å². The number of carbonyl (C=O) groups excluding carboxylic acids is 1.